The zero-order valence-corrected chi connectivity index (χ0v) is 9.11. The van der Waals surface area contributed by atoms with Crippen molar-refractivity contribution < 1.29 is 0 Å². The lowest BCUT2D eigenvalue weighted by atomic mass is 10.2. The van der Waals surface area contributed by atoms with Gasteiger partial charge in [-0.25, -0.2) is 0 Å². The van der Waals surface area contributed by atoms with Gasteiger partial charge in [-0.2, -0.15) is 0 Å². The predicted molar refractivity (Wildman–Crippen MR) is 57.7 cm³/mol. The third-order valence-electron chi connectivity index (χ3n) is 1.75. The van der Waals surface area contributed by atoms with Gasteiger partial charge in [0, 0.05) is 16.7 Å². The third kappa shape index (κ3) is 2.52. The van der Waals surface area contributed by atoms with Gasteiger partial charge in [0.15, 0.2) is 0 Å². The summed E-state index contributed by atoms with van der Waals surface area (Å²) in [5, 5.41) is 3.33. The molecule has 0 aliphatic rings. The molecular weight excluding hydrogens is 214 g/mol. The van der Waals surface area contributed by atoms with Gasteiger partial charge >= 0.3 is 0 Å². The Morgan fingerprint density at radius 1 is 1.42 bits per heavy atom. The Hall–Kier alpha value is -0.500. The van der Waals surface area contributed by atoms with E-state index in [-0.39, 0.29) is 0 Å². The van der Waals surface area contributed by atoms with Crippen LogP contribution in [0, 0.1) is 6.92 Å². The predicted octanol–water partition coefficient (Wildman–Crippen LogP) is 3.58. The Morgan fingerprint density at radius 3 is 2.75 bits per heavy atom. The molecule has 1 nitrogen and oxygen atoms in total. The van der Waals surface area contributed by atoms with Crippen LogP contribution >= 0.6 is 15.9 Å². The molecule has 0 radical (unpaired) electrons. The number of rotatable bonds is 3. The Labute approximate surface area is 82.3 Å². The van der Waals surface area contributed by atoms with Crippen molar-refractivity contribution in [3.8, 4) is 0 Å². The Bertz CT molecular complexity index is 258. The smallest absolute Gasteiger partial charge is 0.0351 e. The van der Waals surface area contributed by atoms with Gasteiger partial charge in [0.1, 0.15) is 0 Å². The number of nitrogens with one attached hydrogen (secondary N) is 1. The molecule has 0 heterocycles. The third-order valence-corrected chi connectivity index (χ3v) is 2.61. The Morgan fingerprint density at radius 2 is 2.17 bits per heavy atom. The number of hydrogen-bond acceptors (Lipinski definition) is 1. The lowest BCUT2D eigenvalue weighted by molar-refractivity contribution is 0.979. The topological polar surface area (TPSA) is 12.0 Å². The van der Waals surface area contributed by atoms with Gasteiger partial charge in [-0.05, 0) is 31.0 Å². The molecule has 66 valence electrons. The molecule has 0 aliphatic carbocycles. The fraction of sp³-hybridized carbons (Fsp3) is 0.400. The van der Waals surface area contributed by atoms with Crippen LogP contribution in [-0.4, -0.2) is 6.54 Å². The van der Waals surface area contributed by atoms with E-state index in [9.17, 15) is 0 Å². The van der Waals surface area contributed by atoms with Crippen LogP contribution < -0.4 is 5.32 Å². The minimum absolute atomic E-state index is 1.04. The zero-order valence-electron chi connectivity index (χ0n) is 7.52. The molecule has 0 atom stereocenters. The van der Waals surface area contributed by atoms with Gasteiger partial charge < -0.3 is 5.32 Å². The SMILES string of the molecule is CCCNc1ccc(C)c(Br)c1. The van der Waals surface area contributed by atoms with Crippen molar-refractivity contribution in [1.82, 2.24) is 0 Å². The number of anilines is 1. The first-order valence-electron chi connectivity index (χ1n) is 4.24. The fourth-order valence-electron chi connectivity index (χ4n) is 0.972. The number of benzene rings is 1. The number of aryl methyl sites for hydroxylation is 1. The molecule has 1 aromatic rings. The van der Waals surface area contributed by atoms with Gasteiger partial charge in [0.2, 0.25) is 0 Å². The molecule has 0 amide bonds. The first-order chi connectivity index (χ1) is 5.74. The minimum atomic E-state index is 1.04. The molecule has 2 heteroatoms. The van der Waals surface area contributed by atoms with E-state index in [1.54, 1.807) is 0 Å². The van der Waals surface area contributed by atoms with E-state index in [0.29, 0.717) is 0 Å². The van der Waals surface area contributed by atoms with Crippen LogP contribution in [0.4, 0.5) is 5.69 Å². The highest BCUT2D eigenvalue weighted by molar-refractivity contribution is 9.10. The van der Waals surface area contributed by atoms with E-state index in [2.05, 4.69) is 53.3 Å². The zero-order chi connectivity index (χ0) is 8.97. The summed E-state index contributed by atoms with van der Waals surface area (Å²) in [6.07, 6.45) is 1.16. The maximum atomic E-state index is 3.50. The summed E-state index contributed by atoms with van der Waals surface area (Å²) < 4.78 is 1.17. The first-order valence-corrected chi connectivity index (χ1v) is 5.03. The molecule has 0 fully saturated rings. The molecule has 1 aromatic carbocycles. The van der Waals surface area contributed by atoms with Gasteiger partial charge in [0.05, 0.1) is 0 Å². The van der Waals surface area contributed by atoms with E-state index in [0.717, 1.165) is 13.0 Å². The van der Waals surface area contributed by atoms with Crippen molar-refractivity contribution in [2.24, 2.45) is 0 Å². The van der Waals surface area contributed by atoms with Crippen molar-refractivity contribution in [2.75, 3.05) is 11.9 Å². The van der Waals surface area contributed by atoms with E-state index < -0.39 is 0 Å². The molecular formula is C10H14BrN. The summed E-state index contributed by atoms with van der Waals surface area (Å²) >= 11 is 3.50. The van der Waals surface area contributed by atoms with Crippen molar-refractivity contribution in [3.05, 3.63) is 28.2 Å². The molecule has 1 N–H and O–H groups in total. The standard InChI is InChI=1S/C10H14BrN/c1-3-6-12-9-5-4-8(2)10(11)7-9/h4-5,7,12H,3,6H2,1-2H3. The lowest BCUT2D eigenvalue weighted by Crippen LogP contribution is -1.99. The molecule has 0 aromatic heterocycles. The van der Waals surface area contributed by atoms with Crippen molar-refractivity contribution >= 4 is 21.6 Å². The first kappa shape index (κ1) is 9.59. The second kappa shape index (κ2) is 4.51. The normalized spacial score (nSPS) is 9.92. The second-order valence-electron chi connectivity index (χ2n) is 2.89. The van der Waals surface area contributed by atoms with Gasteiger partial charge in [-0.3, -0.25) is 0 Å². The van der Waals surface area contributed by atoms with Crippen LogP contribution in [0.3, 0.4) is 0 Å². The van der Waals surface area contributed by atoms with Gasteiger partial charge in [-0.15, -0.1) is 0 Å². The summed E-state index contributed by atoms with van der Waals surface area (Å²) in [4.78, 5) is 0. The quantitative estimate of drug-likeness (QED) is 0.833. The van der Waals surface area contributed by atoms with Crippen molar-refractivity contribution in [3.63, 3.8) is 0 Å². The molecule has 0 aliphatic heterocycles. The fourth-order valence-corrected chi connectivity index (χ4v) is 1.35. The Kier molecular flexibility index (Phi) is 3.60. The van der Waals surface area contributed by atoms with E-state index in [1.165, 1.54) is 15.7 Å². The van der Waals surface area contributed by atoms with E-state index in [1.807, 2.05) is 0 Å². The van der Waals surface area contributed by atoms with Crippen LogP contribution in [0.5, 0.6) is 0 Å². The van der Waals surface area contributed by atoms with Crippen LogP contribution in [0.2, 0.25) is 0 Å². The highest BCUT2D eigenvalue weighted by Gasteiger charge is 1.95. The maximum absolute atomic E-state index is 3.50. The summed E-state index contributed by atoms with van der Waals surface area (Å²) in [6, 6.07) is 6.34. The van der Waals surface area contributed by atoms with Gasteiger partial charge in [-0.1, -0.05) is 28.9 Å². The molecule has 1 rings (SSSR count). The average Bonchev–Trinajstić information content (AvgIpc) is 2.07. The molecule has 0 spiro atoms. The van der Waals surface area contributed by atoms with Crippen LogP contribution in [-0.2, 0) is 0 Å². The van der Waals surface area contributed by atoms with Crippen molar-refractivity contribution in [2.45, 2.75) is 20.3 Å². The summed E-state index contributed by atoms with van der Waals surface area (Å²) in [5.74, 6) is 0. The molecule has 0 saturated heterocycles. The maximum Gasteiger partial charge on any atom is 0.0351 e. The molecule has 12 heavy (non-hydrogen) atoms. The van der Waals surface area contributed by atoms with E-state index >= 15 is 0 Å². The largest absolute Gasteiger partial charge is 0.385 e. The van der Waals surface area contributed by atoms with Crippen molar-refractivity contribution in [1.29, 1.82) is 0 Å². The lowest BCUT2D eigenvalue weighted by Gasteiger charge is -2.05. The Balaban J connectivity index is 2.69. The molecule has 0 saturated carbocycles. The molecule has 0 unspecified atom stereocenters. The average molecular weight is 228 g/mol. The highest BCUT2D eigenvalue weighted by atomic mass is 79.9. The monoisotopic (exact) mass is 227 g/mol. The summed E-state index contributed by atoms with van der Waals surface area (Å²) in [7, 11) is 0. The van der Waals surface area contributed by atoms with Crippen LogP contribution in [0.15, 0.2) is 22.7 Å². The van der Waals surface area contributed by atoms with Crippen LogP contribution in [0.1, 0.15) is 18.9 Å². The highest BCUT2D eigenvalue weighted by Crippen LogP contribution is 2.20. The van der Waals surface area contributed by atoms with E-state index in [4.69, 9.17) is 0 Å². The number of halogens is 1. The number of hydrogen-bond donors (Lipinski definition) is 1. The van der Waals surface area contributed by atoms with Gasteiger partial charge in [0.25, 0.3) is 0 Å². The second-order valence-corrected chi connectivity index (χ2v) is 3.75. The molecule has 0 bridgehead atoms. The minimum Gasteiger partial charge on any atom is -0.385 e. The summed E-state index contributed by atoms with van der Waals surface area (Å²) in [5.41, 5.74) is 2.46. The van der Waals surface area contributed by atoms with Crippen LogP contribution in [0.25, 0.3) is 0 Å². The summed E-state index contributed by atoms with van der Waals surface area (Å²) in [6.45, 7) is 5.29.